The van der Waals surface area contributed by atoms with Crippen LogP contribution in [0.4, 0.5) is 0 Å². The zero-order valence-corrected chi connectivity index (χ0v) is 14.8. The van der Waals surface area contributed by atoms with E-state index in [4.69, 9.17) is 9.36 Å². The molecule has 5 heteroatoms. The lowest BCUT2D eigenvalue weighted by molar-refractivity contribution is -0.148. The average molecular weight is 333 g/mol. The van der Waals surface area contributed by atoms with Gasteiger partial charge in [-0.25, -0.2) is 0 Å². The Morgan fingerprint density at radius 3 is 2.04 bits per heavy atom. The summed E-state index contributed by atoms with van der Waals surface area (Å²) in [5.74, 6) is -0.494. The van der Waals surface area contributed by atoms with Gasteiger partial charge in [-0.2, -0.15) is 5.06 Å². The van der Waals surface area contributed by atoms with E-state index >= 15 is 0 Å². The summed E-state index contributed by atoms with van der Waals surface area (Å²) in [5, 5.41) is 2.35. The van der Waals surface area contributed by atoms with Gasteiger partial charge in [0.1, 0.15) is 5.78 Å². The molecule has 0 bridgehead atoms. The summed E-state index contributed by atoms with van der Waals surface area (Å²) in [7, 11) is -1.39. The van der Waals surface area contributed by atoms with Crippen molar-refractivity contribution < 1.29 is 13.9 Å². The maximum Gasteiger partial charge on any atom is 0.255 e. The Morgan fingerprint density at radius 2 is 1.52 bits per heavy atom. The molecule has 2 aromatic rings. The topological polar surface area (TPSA) is 38.8 Å². The highest BCUT2D eigenvalue weighted by molar-refractivity contribution is 7.67. The van der Waals surface area contributed by atoms with Gasteiger partial charge in [0.2, 0.25) is 0 Å². The normalized spacial score (nSPS) is 15.3. The van der Waals surface area contributed by atoms with Crippen LogP contribution in [0.1, 0.15) is 25.2 Å². The lowest BCUT2D eigenvalue weighted by atomic mass is 10.2. The van der Waals surface area contributed by atoms with E-state index in [0.29, 0.717) is 18.5 Å². The van der Waals surface area contributed by atoms with Crippen LogP contribution < -0.4 is 5.30 Å². The monoisotopic (exact) mass is 333 g/mol. The largest absolute Gasteiger partial charge is 0.324 e. The van der Waals surface area contributed by atoms with Crippen molar-refractivity contribution in [3.63, 3.8) is 0 Å². The zero-order chi connectivity index (χ0) is 16.7. The second kappa shape index (κ2) is 8.42. The van der Waals surface area contributed by atoms with Crippen molar-refractivity contribution in [2.24, 2.45) is 0 Å². The molecular weight excluding hydrogens is 309 g/mol. The second-order valence-electron chi connectivity index (χ2n) is 5.10. The molecule has 0 aliphatic heterocycles. The van der Waals surface area contributed by atoms with Gasteiger partial charge in [0.05, 0.1) is 13.2 Å². The van der Waals surface area contributed by atoms with Crippen LogP contribution in [0.2, 0.25) is 0 Å². The van der Waals surface area contributed by atoms with Gasteiger partial charge in [0, 0.05) is 12.4 Å². The Balaban J connectivity index is 2.55. The highest BCUT2D eigenvalue weighted by Crippen LogP contribution is 2.60. The van der Waals surface area contributed by atoms with Gasteiger partial charge >= 0.3 is 0 Å². The molecule has 4 nitrogen and oxygen atoms in total. The van der Waals surface area contributed by atoms with Crippen LogP contribution in [0, 0.1) is 0 Å². The van der Waals surface area contributed by atoms with Gasteiger partial charge < -0.3 is 4.52 Å². The van der Waals surface area contributed by atoms with Crippen molar-refractivity contribution >= 4 is 12.7 Å². The highest BCUT2D eigenvalue weighted by atomic mass is 31.2. The SMILES string of the molecule is CCON(C)C(c1ccccc1)P(=O)(OCC)c1ccccc1. The fourth-order valence-electron chi connectivity index (χ4n) is 2.63. The van der Waals surface area contributed by atoms with Gasteiger partial charge in [-0.1, -0.05) is 48.5 Å². The van der Waals surface area contributed by atoms with E-state index in [9.17, 15) is 4.57 Å². The maximum absolute atomic E-state index is 13.9. The van der Waals surface area contributed by atoms with Gasteiger partial charge in [-0.3, -0.25) is 9.40 Å². The van der Waals surface area contributed by atoms with Crippen molar-refractivity contribution in [1.82, 2.24) is 5.06 Å². The fourth-order valence-corrected chi connectivity index (χ4v) is 5.24. The molecule has 0 aliphatic rings. The number of hydroxylamine groups is 2. The van der Waals surface area contributed by atoms with Crippen molar-refractivity contribution in [3.8, 4) is 0 Å². The minimum Gasteiger partial charge on any atom is -0.324 e. The number of hydrogen-bond donors (Lipinski definition) is 0. The number of nitrogens with zero attached hydrogens (tertiary/aromatic N) is 1. The van der Waals surface area contributed by atoms with Crippen molar-refractivity contribution in [3.05, 3.63) is 66.2 Å². The number of rotatable bonds is 8. The summed E-state index contributed by atoms with van der Waals surface area (Å²) in [5.41, 5.74) is 0.907. The molecule has 0 amide bonds. The molecule has 0 radical (unpaired) electrons. The first-order chi connectivity index (χ1) is 11.1. The third-order valence-electron chi connectivity index (χ3n) is 3.53. The summed E-state index contributed by atoms with van der Waals surface area (Å²) in [4.78, 5) is 5.65. The van der Waals surface area contributed by atoms with Gasteiger partial charge in [-0.15, -0.1) is 0 Å². The third-order valence-corrected chi connectivity index (χ3v) is 6.46. The van der Waals surface area contributed by atoms with Gasteiger partial charge in [0.15, 0.2) is 0 Å². The van der Waals surface area contributed by atoms with Crippen LogP contribution in [0.3, 0.4) is 0 Å². The predicted octanol–water partition coefficient (Wildman–Crippen LogP) is 4.21. The van der Waals surface area contributed by atoms with E-state index in [1.807, 2.05) is 74.5 Å². The Morgan fingerprint density at radius 1 is 0.957 bits per heavy atom. The lowest BCUT2D eigenvalue weighted by Gasteiger charge is -2.33. The van der Waals surface area contributed by atoms with Crippen LogP contribution in [-0.2, 0) is 13.9 Å². The Kier molecular flexibility index (Phi) is 6.55. The van der Waals surface area contributed by atoms with Crippen molar-refractivity contribution in [2.45, 2.75) is 19.6 Å². The van der Waals surface area contributed by atoms with Gasteiger partial charge in [-0.05, 0) is 31.5 Å². The lowest BCUT2D eigenvalue weighted by Crippen LogP contribution is -2.29. The molecule has 0 fully saturated rings. The molecule has 0 aliphatic carbocycles. The molecule has 0 aromatic heterocycles. The molecule has 2 atom stereocenters. The Labute approximate surface area is 138 Å². The quantitative estimate of drug-likeness (QED) is 0.536. The molecule has 2 unspecified atom stereocenters. The zero-order valence-electron chi connectivity index (χ0n) is 13.9. The standard InChI is InChI=1S/C18H24NO3P/c1-4-21-19(3)18(16-12-8-6-9-13-16)23(20,22-5-2)17-14-10-7-11-15-17/h6-15,18H,4-5H2,1-3H3. The molecular formula is C18H24NO3P. The van der Waals surface area contributed by atoms with Crippen LogP contribution in [0.15, 0.2) is 60.7 Å². The van der Waals surface area contributed by atoms with Crippen LogP contribution >= 0.6 is 7.37 Å². The molecule has 0 saturated heterocycles. The molecule has 2 rings (SSSR count). The number of benzene rings is 2. The summed E-state index contributed by atoms with van der Waals surface area (Å²) in [6.45, 7) is 4.64. The fraction of sp³-hybridized carbons (Fsp3) is 0.333. The maximum atomic E-state index is 13.9. The summed E-state index contributed by atoms with van der Waals surface area (Å²) in [6.07, 6.45) is 0. The highest BCUT2D eigenvalue weighted by Gasteiger charge is 2.40. The van der Waals surface area contributed by atoms with Crippen molar-refractivity contribution in [2.75, 3.05) is 20.3 Å². The molecule has 0 heterocycles. The van der Waals surface area contributed by atoms with E-state index in [0.717, 1.165) is 5.56 Å². The van der Waals surface area contributed by atoms with E-state index in [-0.39, 0.29) is 0 Å². The van der Waals surface area contributed by atoms with Crippen LogP contribution in [0.25, 0.3) is 0 Å². The average Bonchev–Trinajstić information content (AvgIpc) is 2.57. The molecule has 2 aromatic carbocycles. The minimum absolute atomic E-state index is 0.371. The van der Waals surface area contributed by atoms with E-state index < -0.39 is 13.2 Å². The molecule has 0 saturated carbocycles. The Bertz CT molecular complexity index is 633. The first kappa shape index (κ1) is 17.9. The smallest absolute Gasteiger partial charge is 0.255 e. The first-order valence-electron chi connectivity index (χ1n) is 7.84. The molecule has 0 spiro atoms. The summed E-state index contributed by atoms with van der Waals surface area (Å²) in [6, 6.07) is 19.1. The summed E-state index contributed by atoms with van der Waals surface area (Å²) >= 11 is 0. The summed E-state index contributed by atoms with van der Waals surface area (Å²) < 4.78 is 19.7. The first-order valence-corrected chi connectivity index (χ1v) is 9.53. The predicted molar refractivity (Wildman–Crippen MR) is 93.9 cm³/mol. The van der Waals surface area contributed by atoms with Gasteiger partial charge in [0.25, 0.3) is 7.37 Å². The van der Waals surface area contributed by atoms with E-state index in [1.54, 1.807) is 12.1 Å². The minimum atomic E-state index is -3.19. The third kappa shape index (κ3) is 4.10. The van der Waals surface area contributed by atoms with Crippen molar-refractivity contribution in [1.29, 1.82) is 0 Å². The van der Waals surface area contributed by atoms with E-state index in [2.05, 4.69) is 0 Å². The number of hydrogen-bond acceptors (Lipinski definition) is 4. The Hall–Kier alpha value is -1.45. The molecule has 124 valence electrons. The second-order valence-corrected chi connectivity index (χ2v) is 7.56. The molecule has 0 N–H and O–H groups in total. The van der Waals surface area contributed by atoms with Crippen LogP contribution in [0.5, 0.6) is 0 Å². The molecule has 23 heavy (non-hydrogen) atoms. The van der Waals surface area contributed by atoms with Crippen LogP contribution in [-0.4, -0.2) is 25.3 Å². The van der Waals surface area contributed by atoms with E-state index in [1.165, 1.54) is 0 Å².